The third-order valence-corrected chi connectivity index (χ3v) is 5.00. The average Bonchev–Trinajstić information content (AvgIpc) is 2.70. The van der Waals surface area contributed by atoms with Crippen molar-refractivity contribution in [3.8, 4) is 0 Å². The maximum absolute atomic E-state index is 11.9. The first-order valence-corrected chi connectivity index (χ1v) is 10.6. The van der Waals surface area contributed by atoms with E-state index >= 15 is 0 Å². The van der Waals surface area contributed by atoms with E-state index in [9.17, 15) is 28.1 Å². The fourth-order valence-electron chi connectivity index (χ4n) is 2.20. The minimum absolute atomic E-state index is 0.158. The Morgan fingerprint density at radius 2 is 1.87 bits per heavy atom. The summed E-state index contributed by atoms with van der Waals surface area (Å²) in [6, 6.07) is 10.7. The number of rotatable bonds is 9. The number of hydrogen-bond acceptors (Lipinski definition) is 7. The molecule has 0 bridgehead atoms. The maximum Gasteiger partial charge on any atom is 0.321 e. The Kier molecular flexibility index (Phi) is 8.25. The molecule has 1 amide bonds. The molecule has 0 unspecified atom stereocenters. The van der Waals surface area contributed by atoms with Crippen molar-refractivity contribution in [1.82, 2.24) is 4.72 Å². The van der Waals surface area contributed by atoms with Crippen LogP contribution in [0.5, 0.6) is 0 Å². The zero-order valence-electron chi connectivity index (χ0n) is 16.2. The van der Waals surface area contributed by atoms with E-state index in [-0.39, 0.29) is 10.7 Å². The molecule has 0 aromatic heterocycles. The van der Waals surface area contributed by atoms with Gasteiger partial charge >= 0.3 is 5.97 Å². The highest BCUT2D eigenvalue weighted by Crippen LogP contribution is 2.27. The van der Waals surface area contributed by atoms with E-state index in [1.807, 2.05) is 23.8 Å². The topological polar surface area (TPSA) is 145 Å². The van der Waals surface area contributed by atoms with Gasteiger partial charge in [0, 0.05) is 16.5 Å². The van der Waals surface area contributed by atoms with E-state index in [0.29, 0.717) is 5.56 Å². The number of esters is 1. The monoisotopic (exact) mass is 467 g/mol. The highest BCUT2D eigenvalue weighted by Gasteiger charge is 2.17. The molecule has 12 heteroatoms. The predicted molar refractivity (Wildman–Crippen MR) is 115 cm³/mol. The number of nitro benzene ring substituents is 1. The van der Waals surface area contributed by atoms with Crippen molar-refractivity contribution >= 4 is 51.0 Å². The van der Waals surface area contributed by atoms with Gasteiger partial charge in [0.15, 0.2) is 6.61 Å². The Morgan fingerprint density at radius 1 is 1.19 bits per heavy atom. The van der Waals surface area contributed by atoms with Crippen molar-refractivity contribution in [3.63, 3.8) is 0 Å². The molecule has 2 aromatic rings. The molecule has 0 heterocycles. The van der Waals surface area contributed by atoms with Crippen LogP contribution in [0.2, 0.25) is 5.02 Å². The SMILES string of the molecule is Cc1ccc(/C=C/S(=O)(=O)NCC(=O)OCC(=O)Nc2cc(Cl)ccc2[N+](=O)[O-])cc1. The first-order valence-electron chi connectivity index (χ1n) is 8.69. The van der Waals surface area contributed by atoms with Crippen molar-refractivity contribution in [3.05, 3.63) is 74.1 Å². The minimum atomic E-state index is -3.91. The quantitative estimate of drug-likeness (QED) is 0.327. The van der Waals surface area contributed by atoms with Crippen LogP contribution in [0.3, 0.4) is 0 Å². The summed E-state index contributed by atoms with van der Waals surface area (Å²) in [5.41, 5.74) is 1.12. The fraction of sp³-hybridized carbons (Fsp3) is 0.158. The number of nitrogens with zero attached hydrogens (tertiary/aromatic N) is 1. The van der Waals surface area contributed by atoms with Gasteiger partial charge in [-0.15, -0.1) is 0 Å². The molecule has 31 heavy (non-hydrogen) atoms. The largest absolute Gasteiger partial charge is 0.455 e. The third kappa shape index (κ3) is 8.16. The Bertz CT molecular complexity index is 1120. The minimum Gasteiger partial charge on any atom is -0.455 e. The fourth-order valence-corrected chi connectivity index (χ4v) is 3.13. The first-order chi connectivity index (χ1) is 14.6. The van der Waals surface area contributed by atoms with Gasteiger partial charge in [-0.25, -0.2) is 13.1 Å². The zero-order valence-corrected chi connectivity index (χ0v) is 17.8. The van der Waals surface area contributed by atoms with Crippen LogP contribution in [0.15, 0.2) is 47.9 Å². The molecule has 0 fully saturated rings. The van der Waals surface area contributed by atoms with E-state index < -0.39 is 45.7 Å². The van der Waals surface area contributed by atoms with Gasteiger partial charge < -0.3 is 10.1 Å². The molecule has 164 valence electrons. The average molecular weight is 468 g/mol. The van der Waals surface area contributed by atoms with Crippen LogP contribution in [0, 0.1) is 17.0 Å². The molecule has 0 atom stereocenters. The molecule has 0 aliphatic rings. The second kappa shape index (κ2) is 10.7. The first kappa shape index (κ1) is 24.0. The van der Waals surface area contributed by atoms with Gasteiger partial charge in [-0.2, -0.15) is 0 Å². The summed E-state index contributed by atoms with van der Waals surface area (Å²) in [5, 5.41) is 14.2. The lowest BCUT2D eigenvalue weighted by Gasteiger charge is -2.08. The molecule has 0 aliphatic carbocycles. The smallest absolute Gasteiger partial charge is 0.321 e. The number of ether oxygens (including phenoxy) is 1. The van der Waals surface area contributed by atoms with Crippen molar-refractivity contribution in [2.75, 3.05) is 18.5 Å². The normalized spacial score (nSPS) is 11.3. The molecule has 0 saturated heterocycles. The number of amides is 1. The zero-order chi connectivity index (χ0) is 23.0. The Hall–Kier alpha value is -3.28. The number of nitro groups is 1. The van der Waals surface area contributed by atoms with Gasteiger partial charge in [-0.1, -0.05) is 41.4 Å². The van der Waals surface area contributed by atoms with Crippen molar-refractivity contribution in [1.29, 1.82) is 0 Å². The molecule has 0 saturated carbocycles. The second-order valence-corrected chi connectivity index (χ2v) is 8.29. The molecular weight excluding hydrogens is 450 g/mol. The van der Waals surface area contributed by atoms with Gasteiger partial charge in [-0.3, -0.25) is 19.7 Å². The van der Waals surface area contributed by atoms with Crippen molar-refractivity contribution in [2.24, 2.45) is 0 Å². The van der Waals surface area contributed by atoms with Gasteiger partial charge in [0.05, 0.1) is 4.92 Å². The van der Waals surface area contributed by atoms with Crippen LogP contribution in [-0.2, 0) is 24.3 Å². The van der Waals surface area contributed by atoms with Gasteiger partial charge in [-0.05, 0) is 30.7 Å². The predicted octanol–water partition coefficient (Wildman–Crippen LogP) is 2.63. The summed E-state index contributed by atoms with van der Waals surface area (Å²) in [7, 11) is -3.91. The number of carbonyl (C=O) groups is 2. The van der Waals surface area contributed by atoms with E-state index in [1.165, 1.54) is 18.2 Å². The van der Waals surface area contributed by atoms with E-state index in [4.69, 9.17) is 11.6 Å². The Labute approximate surface area is 183 Å². The standard InChI is InChI=1S/C19H18ClN3O7S/c1-13-2-4-14(5-3-13)8-9-31(28,29)21-11-19(25)30-12-18(24)22-16-10-15(20)6-7-17(16)23(26)27/h2-10,21H,11-12H2,1H3,(H,22,24)/b9-8+. The number of anilines is 1. The van der Waals surface area contributed by atoms with E-state index in [0.717, 1.165) is 17.0 Å². The molecule has 2 aromatic carbocycles. The number of nitrogens with one attached hydrogen (secondary N) is 2. The lowest BCUT2D eigenvalue weighted by molar-refractivity contribution is -0.383. The number of carbonyl (C=O) groups excluding carboxylic acids is 2. The number of sulfonamides is 1. The maximum atomic E-state index is 11.9. The number of hydrogen-bond donors (Lipinski definition) is 2. The Balaban J connectivity index is 1.83. The summed E-state index contributed by atoms with van der Waals surface area (Å²) in [5.74, 6) is -1.87. The summed E-state index contributed by atoms with van der Waals surface area (Å²) in [4.78, 5) is 33.9. The molecule has 0 aliphatic heterocycles. The van der Waals surface area contributed by atoms with Crippen molar-refractivity contribution in [2.45, 2.75) is 6.92 Å². The van der Waals surface area contributed by atoms with Crippen LogP contribution in [0.25, 0.3) is 6.08 Å². The van der Waals surface area contributed by atoms with E-state index in [2.05, 4.69) is 10.1 Å². The number of benzene rings is 2. The lowest BCUT2D eigenvalue weighted by atomic mass is 10.2. The van der Waals surface area contributed by atoms with Gasteiger partial charge in [0.1, 0.15) is 12.2 Å². The molecule has 2 rings (SSSR count). The van der Waals surface area contributed by atoms with Crippen LogP contribution >= 0.6 is 11.6 Å². The highest BCUT2D eigenvalue weighted by molar-refractivity contribution is 7.92. The number of halogens is 1. The molecule has 2 N–H and O–H groups in total. The van der Waals surface area contributed by atoms with Crippen LogP contribution < -0.4 is 10.0 Å². The summed E-state index contributed by atoms with van der Waals surface area (Å²) < 4.78 is 30.5. The summed E-state index contributed by atoms with van der Waals surface area (Å²) in [6.45, 7) is 0.419. The lowest BCUT2D eigenvalue weighted by Crippen LogP contribution is -2.31. The van der Waals surface area contributed by atoms with Gasteiger partial charge in [0.25, 0.3) is 11.6 Å². The summed E-state index contributed by atoms with van der Waals surface area (Å²) in [6.07, 6.45) is 1.36. The molecule has 10 nitrogen and oxygen atoms in total. The second-order valence-electron chi connectivity index (χ2n) is 6.21. The van der Waals surface area contributed by atoms with Crippen molar-refractivity contribution < 1.29 is 27.7 Å². The highest BCUT2D eigenvalue weighted by atomic mass is 35.5. The Morgan fingerprint density at radius 3 is 2.52 bits per heavy atom. The molecule has 0 spiro atoms. The van der Waals surface area contributed by atoms with Crippen LogP contribution in [-0.4, -0.2) is 38.4 Å². The molecular formula is C19H18ClN3O7S. The van der Waals surface area contributed by atoms with Crippen LogP contribution in [0.4, 0.5) is 11.4 Å². The third-order valence-electron chi connectivity index (χ3n) is 3.73. The van der Waals surface area contributed by atoms with E-state index in [1.54, 1.807) is 12.1 Å². The molecule has 0 radical (unpaired) electrons. The number of aryl methyl sites for hydroxylation is 1. The van der Waals surface area contributed by atoms with Gasteiger partial charge in [0.2, 0.25) is 10.0 Å². The van der Waals surface area contributed by atoms with Crippen LogP contribution in [0.1, 0.15) is 11.1 Å². The summed E-state index contributed by atoms with van der Waals surface area (Å²) >= 11 is 5.76.